The smallest absolute Gasteiger partial charge is 0.329 e. The average Bonchev–Trinajstić information content (AvgIpc) is 2.68. The Balaban J connectivity index is 2.22. The maximum Gasteiger partial charge on any atom is 0.416 e. The van der Waals surface area contributed by atoms with E-state index < -0.39 is 11.7 Å². The van der Waals surface area contributed by atoms with Crippen LogP contribution in [0.5, 0.6) is 0 Å². The van der Waals surface area contributed by atoms with Gasteiger partial charge in [0.1, 0.15) is 0 Å². The van der Waals surface area contributed by atoms with Crippen LogP contribution in [0.2, 0.25) is 0 Å². The van der Waals surface area contributed by atoms with E-state index >= 15 is 0 Å². The van der Waals surface area contributed by atoms with Gasteiger partial charge in [-0.25, -0.2) is 0 Å². The highest BCUT2D eigenvalue weighted by Crippen LogP contribution is 2.32. The van der Waals surface area contributed by atoms with Gasteiger partial charge in [0.05, 0.1) is 5.56 Å². The van der Waals surface area contributed by atoms with Crippen LogP contribution < -0.4 is 5.73 Å². The van der Waals surface area contributed by atoms with Gasteiger partial charge in [0, 0.05) is 12.6 Å². The van der Waals surface area contributed by atoms with Crippen molar-refractivity contribution < 1.29 is 13.2 Å². The van der Waals surface area contributed by atoms with Gasteiger partial charge in [0.15, 0.2) is 0 Å². The van der Waals surface area contributed by atoms with Crippen molar-refractivity contribution in [2.24, 2.45) is 5.73 Å². The molecule has 0 radical (unpaired) electrons. The third kappa shape index (κ3) is 3.73. The predicted molar refractivity (Wildman–Crippen MR) is 73.3 cm³/mol. The van der Waals surface area contributed by atoms with E-state index in [1.807, 2.05) is 0 Å². The highest BCUT2D eigenvalue weighted by molar-refractivity contribution is 5.28. The molecule has 2 N–H and O–H groups in total. The first-order valence-electron chi connectivity index (χ1n) is 7.13. The molecule has 0 saturated carbocycles. The van der Waals surface area contributed by atoms with Gasteiger partial charge in [-0.05, 0) is 43.6 Å². The molecule has 0 aromatic heterocycles. The normalized spacial score (nSPS) is 19.6. The second-order valence-corrected chi connectivity index (χ2v) is 5.32. The Kier molecular flexibility index (Phi) is 5.05. The van der Waals surface area contributed by atoms with Crippen molar-refractivity contribution in [1.29, 1.82) is 0 Å². The van der Waals surface area contributed by atoms with Crippen molar-refractivity contribution in [1.82, 2.24) is 4.90 Å². The van der Waals surface area contributed by atoms with E-state index in [4.69, 9.17) is 5.73 Å². The Morgan fingerprint density at radius 2 is 1.75 bits per heavy atom. The Morgan fingerprint density at radius 1 is 1.10 bits per heavy atom. The van der Waals surface area contributed by atoms with E-state index in [1.54, 1.807) is 6.07 Å². The summed E-state index contributed by atoms with van der Waals surface area (Å²) in [4.78, 5) is 2.22. The topological polar surface area (TPSA) is 29.3 Å². The third-order valence-electron chi connectivity index (χ3n) is 3.90. The second-order valence-electron chi connectivity index (χ2n) is 5.32. The summed E-state index contributed by atoms with van der Waals surface area (Å²) in [6.45, 7) is 2.18. The molecule has 1 aliphatic rings. The van der Waals surface area contributed by atoms with Gasteiger partial charge >= 0.3 is 6.18 Å². The minimum atomic E-state index is -4.30. The van der Waals surface area contributed by atoms with Crippen molar-refractivity contribution in [3.8, 4) is 0 Å². The van der Waals surface area contributed by atoms with E-state index in [2.05, 4.69) is 4.90 Å². The molecule has 1 aromatic carbocycles. The highest BCUT2D eigenvalue weighted by atomic mass is 19.4. The lowest BCUT2D eigenvalue weighted by molar-refractivity contribution is -0.137. The van der Waals surface area contributed by atoms with E-state index in [9.17, 15) is 13.2 Å². The number of benzene rings is 1. The summed E-state index contributed by atoms with van der Waals surface area (Å²) < 4.78 is 38.4. The molecule has 2 rings (SSSR count). The first-order chi connectivity index (χ1) is 9.52. The Labute approximate surface area is 117 Å². The van der Waals surface area contributed by atoms with Crippen LogP contribution in [0, 0.1) is 0 Å². The number of halogens is 3. The molecule has 0 spiro atoms. The zero-order valence-corrected chi connectivity index (χ0v) is 11.5. The quantitative estimate of drug-likeness (QED) is 0.920. The van der Waals surface area contributed by atoms with Crippen LogP contribution >= 0.6 is 0 Å². The van der Waals surface area contributed by atoms with Crippen molar-refractivity contribution in [3.05, 3.63) is 35.4 Å². The SMILES string of the molecule is NCC(c1cccc(C(F)(F)F)c1)N1CCCCCC1. The predicted octanol–water partition coefficient (Wildman–Crippen LogP) is 3.58. The van der Waals surface area contributed by atoms with E-state index in [0.717, 1.165) is 32.0 Å². The number of nitrogens with two attached hydrogens (primary N) is 1. The molecule has 1 aromatic rings. The fourth-order valence-electron chi connectivity index (χ4n) is 2.83. The van der Waals surface area contributed by atoms with Crippen LogP contribution in [0.25, 0.3) is 0 Å². The van der Waals surface area contributed by atoms with Gasteiger partial charge in [-0.15, -0.1) is 0 Å². The number of alkyl halides is 3. The molecule has 1 unspecified atom stereocenters. The minimum absolute atomic E-state index is 0.115. The van der Waals surface area contributed by atoms with Gasteiger partial charge in [-0.3, -0.25) is 4.90 Å². The fraction of sp³-hybridized carbons (Fsp3) is 0.600. The van der Waals surface area contributed by atoms with Gasteiger partial charge < -0.3 is 5.73 Å². The zero-order valence-electron chi connectivity index (χ0n) is 11.5. The van der Waals surface area contributed by atoms with E-state index in [-0.39, 0.29) is 6.04 Å². The minimum Gasteiger partial charge on any atom is -0.329 e. The fourth-order valence-corrected chi connectivity index (χ4v) is 2.83. The number of hydrogen-bond acceptors (Lipinski definition) is 2. The first kappa shape index (κ1) is 15.3. The third-order valence-corrected chi connectivity index (χ3v) is 3.90. The Bertz CT molecular complexity index is 423. The van der Waals surface area contributed by atoms with Gasteiger partial charge in [0.25, 0.3) is 0 Å². The summed E-state index contributed by atoms with van der Waals surface area (Å²) in [6, 6.07) is 5.45. The Morgan fingerprint density at radius 3 is 2.30 bits per heavy atom. The first-order valence-corrected chi connectivity index (χ1v) is 7.13. The number of nitrogens with zero attached hydrogens (tertiary/aromatic N) is 1. The van der Waals surface area contributed by atoms with Crippen LogP contribution in [-0.2, 0) is 6.18 Å². The highest BCUT2D eigenvalue weighted by Gasteiger charge is 2.31. The largest absolute Gasteiger partial charge is 0.416 e. The van der Waals surface area contributed by atoms with Gasteiger partial charge in [-0.2, -0.15) is 13.2 Å². The maximum atomic E-state index is 12.8. The summed E-state index contributed by atoms with van der Waals surface area (Å²) in [5, 5.41) is 0. The molecule has 1 heterocycles. The summed E-state index contributed by atoms with van der Waals surface area (Å²) in [6.07, 6.45) is 0.269. The number of hydrogen-bond donors (Lipinski definition) is 1. The zero-order chi connectivity index (χ0) is 14.6. The van der Waals surface area contributed by atoms with E-state index in [0.29, 0.717) is 12.1 Å². The van der Waals surface area contributed by atoms with Crippen molar-refractivity contribution >= 4 is 0 Å². The molecule has 1 aliphatic heterocycles. The molecule has 0 amide bonds. The summed E-state index contributed by atoms with van der Waals surface area (Å²) in [7, 11) is 0. The summed E-state index contributed by atoms with van der Waals surface area (Å²) in [5.41, 5.74) is 5.90. The molecule has 5 heteroatoms. The molecule has 1 atom stereocenters. The average molecular weight is 286 g/mol. The summed E-state index contributed by atoms with van der Waals surface area (Å²) in [5.74, 6) is 0. The number of likely N-dealkylation sites (tertiary alicyclic amines) is 1. The van der Waals surface area contributed by atoms with Crippen LogP contribution in [0.4, 0.5) is 13.2 Å². The van der Waals surface area contributed by atoms with Crippen LogP contribution in [-0.4, -0.2) is 24.5 Å². The monoisotopic (exact) mass is 286 g/mol. The molecule has 112 valence electrons. The van der Waals surface area contributed by atoms with Crippen LogP contribution in [0.3, 0.4) is 0 Å². The second kappa shape index (κ2) is 6.59. The lowest BCUT2D eigenvalue weighted by Gasteiger charge is -2.30. The molecular formula is C15H21F3N2. The lowest BCUT2D eigenvalue weighted by Crippen LogP contribution is -2.34. The van der Waals surface area contributed by atoms with E-state index in [1.165, 1.54) is 25.0 Å². The molecule has 20 heavy (non-hydrogen) atoms. The standard InChI is InChI=1S/C15H21F3N2/c16-15(17,18)13-7-5-6-12(10-13)14(11-19)20-8-3-1-2-4-9-20/h5-7,10,14H,1-4,8-9,11,19H2. The molecule has 1 saturated heterocycles. The van der Waals surface area contributed by atoms with Crippen molar-refractivity contribution in [3.63, 3.8) is 0 Å². The Hall–Kier alpha value is -1.07. The molecule has 2 nitrogen and oxygen atoms in total. The van der Waals surface area contributed by atoms with Crippen molar-refractivity contribution in [2.75, 3.05) is 19.6 Å². The van der Waals surface area contributed by atoms with Gasteiger partial charge in [0.2, 0.25) is 0 Å². The van der Waals surface area contributed by atoms with Gasteiger partial charge in [-0.1, -0.05) is 25.0 Å². The molecular weight excluding hydrogens is 265 g/mol. The number of rotatable bonds is 3. The van der Waals surface area contributed by atoms with Crippen molar-refractivity contribution in [2.45, 2.75) is 37.9 Å². The van der Waals surface area contributed by atoms with Crippen LogP contribution in [0.15, 0.2) is 24.3 Å². The van der Waals surface area contributed by atoms with Crippen LogP contribution in [0.1, 0.15) is 42.9 Å². The lowest BCUT2D eigenvalue weighted by atomic mass is 10.0. The maximum absolute atomic E-state index is 12.8. The summed E-state index contributed by atoms with van der Waals surface area (Å²) >= 11 is 0. The molecule has 0 bridgehead atoms. The molecule has 1 fully saturated rings. The molecule has 0 aliphatic carbocycles.